The van der Waals surface area contributed by atoms with Gasteiger partial charge < -0.3 is 15.7 Å². The highest BCUT2D eigenvalue weighted by molar-refractivity contribution is 5.94. The van der Waals surface area contributed by atoms with Crippen LogP contribution in [-0.4, -0.2) is 38.5 Å². The summed E-state index contributed by atoms with van der Waals surface area (Å²) in [6.45, 7) is 17.2. The fraction of sp³-hybridized carbons (Fsp3) is 0.467. The zero-order valence-electron chi connectivity index (χ0n) is 23.9. The molecule has 2 amide bonds. The van der Waals surface area contributed by atoms with Crippen LogP contribution in [0.4, 0.5) is 0 Å². The lowest BCUT2D eigenvalue weighted by molar-refractivity contribution is 0.0940. The van der Waals surface area contributed by atoms with E-state index in [1.807, 2.05) is 26.0 Å². The summed E-state index contributed by atoms with van der Waals surface area (Å²) in [5, 5.41) is 25.3. The molecule has 0 fully saturated rings. The molecule has 1 heterocycles. The summed E-state index contributed by atoms with van der Waals surface area (Å²) in [6, 6.07) is 11.0. The molecule has 0 radical (unpaired) electrons. The van der Waals surface area contributed by atoms with Gasteiger partial charge in [-0.05, 0) is 77.3 Å². The van der Waals surface area contributed by atoms with E-state index in [4.69, 9.17) is 0 Å². The van der Waals surface area contributed by atoms with E-state index in [0.717, 1.165) is 28.8 Å². The lowest BCUT2D eigenvalue weighted by atomic mass is 9.78. The van der Waals surface area contributed by atoms with Gasteiger partial charge in [-0.25, -0.2) is 4.68 Å². The molecule has 0 saturated carbocycles. The van der Waals surface area contributed by atoms with Crippen molar-refractivity contribution in [3.63, 3.8) is 0 Å². The fourth-order valence-electron chi connectivity index (χ4n) is 4.37. The maximum Gasteiger partial charge on any atom is 0.274 e. The molecule has 0 bridgehead atoms. The van der Waals surface area contributed by atoms with Crippen molar-refractivity contribution in [3.8, 4) is 11.4 Å². The van der Waals surface area contributed by atoms with Crippen LogP contribution in [0.15, 0.2) is 36.4 Å². The standard InChI is InChI=1S/C30H41N5O3/c1-9-11-24-25(33-34-35(24)21-14-12-20(13-15-21)27(37)31-10-2)28(38)32-18-19-16-22(29(3,4)5)26(36)23(17-19)30(6,7)8/h12-17,36H,9-11,18H2,1-8H3,(H,31,37)(H,32,38). The number of amides is 2. The number of rotatable bonds is 8. The predicted molar refractivity (Wildman–Crippen MR) is 150 cm³/mol. The number of hydrogen-bond donors (Lipinski definition) is 3. The number of carbonyl (C=O) groups excluding carboxylic acids is 2. The molecule has 1 aromatic heterocycles. The zero-order valence-corrected chi connectivity index (χ0v) is 23.9. The highest BCUT2D eigenvalue weighted by Crippen LogP contribution is 2.39. The van der Waals surface area contributed by atoms with Crippen molar-refractivity contribution in [1.29, 1.82) is 0 Å². The molecule has 0 aliphatic carbocycles. The lowest BCUT2D eigenvalue weighted by Gasteiger charge is -2.28. The minimum atomic E-state index is -0.304. The number of benzene rings is 2. The van der Waals surface area contributed by atoms with Crippen LogP contribution in [0.1, 0.15) is 105 Å². The molecule has 0 unspecified atom stereocenters. The Kier molecular flexibility index (Phi) is 8.65. The third-order valence-electron chi connectivity index (χ3n) is 6.42. The van der Waals surface area contributed by atoms with E-state index in [2.05, 4.69) is 62.5 Å². The van der Waals surface area contributed by atoms with Gasteiger partial charge in [0, 0.05) is 18.7 Å². The SMILES string of the molecule is CCCc1c(C(=O)NCc2cc(C(C)(C)C)c(O)c(C(C)(C)C)c2)nnn1-c1ccc(C(=O)NCC)cc1. The third kappa shape index (κ3) is 6.41. The topological polar surface area (TPSA) is 109 Å². The van der Waals surface area contributed by atoms with Gasteiger partial charge in [-0.1, -0.05) is 60.1 Å². The first-order valence-corrected chi connectivity index (χ1v) is 13.3. The number of aromatic hydroxyl groups is 1. The zero-order chi connectivity index (χ0) is 28.3. The van der Waals surface area contributed by atoms with Crippen molar-refractivity contribution in [3.05, 3.63) is 70.0 Å². The second kappa shape index (κ2) is 11.4. The fourth-order valence-corrected chi connectivity index (χ4v) is 4.37. The molecule has 3 N–H and O–H groups in total. The average Bonchev–Trinajstić information content (AvgIpc) is 3.26. The van der Waals surface area contributed by atoms with E-state index < -0.39 is 0 Å². The van der Waals surface area contributed by atoms with Gasteiger partial charge in [0.25, 0.3) is 11.8 Å². The number of carbonyl (C=O) groups is 2. The molecular weight excluding hydrogens is 478 g/mol. The quantitative estimate of drug-likeness (QED) is 0.379. The monoisotopic (exact) mass is 519 g/mol. The van der Waals surface area contributed by atoms with Gasteiger partial charge in [0.1, 0.15) is 5.75 Å². The van der Waals surface area contributed by atoms with E-state index >= 15 is 0 Å². The van der Waals surface area contributed by atoms with Crippen LogP contribution in [0.5, 0.6) is 5.75 Å². The molecule has 0 spiro atoms. The Morgan fingerprint density at radius 3 is 1.97 bits per heavy atom. The number of phenolic OH excluding ortho intramolecular Hbond substituents is 1. The number of hydrogen-bond acceptors (Lipinski definition) is 5. The summed E-state index contributed by atoms with van der Waals surface area (Å²) in [7, 11) is 0. The lowest BCUT2D eigenvalue weighted by Crippen LogP contribution is -2.26. The first-order valence-electron chi connectivity index (χ1n) is 13.3. The number of aromatic nitrogens is 3. The van der Waals surface area contributed by atoms with Crippen LogP contribution >= 0.6 is 0 Å². The van der Waals surface area contributed by atoms with Crippen molar-refractivity contribution in [2.24, 2.45) is 0 Å². The molecule has 0 atom stereocenters. The first kappa shape index (κ1) is 28.9. The minimum Gasteiger partial charge on any atom is -0.507 e. The Balaban J connectivity index is 1.88. The Hall–Kier alpha value is -3.68. The molecule has 2 aromatic carbocycles. The molecule has 0 saturated heterocycles. The maximum atomic E-state index is 13.3. The van der Waals surface area contributed by atoms with Crippen molar-refractivity contribution >= 4 is 11.8 Å². The van der Waals surface area contributed by atoms with E-state index in [1.165, 1.54) is 0 Å². The second-order valence-electron chi connectivity index (χ2n) is 11.7. The van der Waals surface area contributed by atoms with Crippen molar-refractivity contribution in [2.75, 3.05) is 6.54 Å². The molecule has 3 rings (SSSR count). The summed E-state index contributed by atoms with van der Waals surface area (Å²) in [4.78, 5) is 25.4. The van der Waals surface area contributed by atoms with Crippen molar-refractivity contribution in [1.82, 2.24) is 25.6 Å². The Bertz CT molecular complexity index is 1260. The highest BCUT2D eigenvalue weighted by atomic mass is 16.3. The van der Waals surface area contributed by atoms with E-state index in [1.54, 1.807) is 28.9 Å². The largest absolute Gasteiger partial charge is 0.507 e. The van der Waals surface area contributed by atoms with Gasteiger partial charge in [0.05, 0.1) is 11.4 Å². The smallest absolute Gasteiger partial charge is 0.274 e. The Morgan fingerprint density at radius 1 is 0.895 bits per heavy atom. The van der Waals surface area contributed by atoms with Crippen LogP contribution in [-0.2, 0) is 23.8 Å². The van der Waals surface area contributed by atoms with Crippen LogP contribution in [0.2, 0.25) is 0 Å². The summed E-state index contributed by atoms with van der Waals surface area (Å²) in [5.74, 6) is -0.127. The first-order chi connectivity index (χ1) is 17.8. The van der Waals surface area contributed by atoms with Crippen LogP contribution in [0.3, 0.4) is 0 Å². The normalized spacial score (nSPS) is 11.9. The number of phenols is 1. The molecular formula is C30H41N5O3. The predicted octanol–water partition coefficient (Wildman–Crippen LogP) is 5.20. The molecule has 3 aromatic rings. The Morgan fingerprint density at radius 2 is 1.47 bits per heavy atom. The second-order valence-corrected chi connectivity index (χ2v) is 11.7. The van der Waals surface area contributed by atoms with Crippen LogP contribution in [0, 0.1) is 0 Å². The molecule has 204 valence electrons. The third-order valence-corrected chi connectivity index (χ3v) is 6.42. The van der Waals surface area contributed by atoms with Crippen molar-refractivity contribution < 1.29 is 14.7 Å². The van der Waals surface area contributed by atoms with E-state index in [-0.39, 0.29) is 28.3 Å². The van der Waals surface area contributed by atoms with E-state index in [0.29, 0.717) is 36.5 Å². The molecule has 8 heteroatoms. The van der Waals surface area contributed by atoms with Gasteiger partial charge >= 0.3 is 0 Å². The average molecular weight is 520 g/mol. The minimum absolute atomic E-state index is 0.134. The molecule has 38 heavy (non-hydrogen) atoms. The van der Waals surface area contributed by atoms with Gasteiger partial charge in [-0.3, -0.25) is 9.59 Å². The number of nitrogens with zero attached hydrogens (tertiary/aromatic N) is 3. The molecule has 8 nitrogen and oxygen atoms in total. The summed E-state index contributed by atoms with van der Waals surface area (Å²) in [5.41, 5.74) is 4.39. The molecule has 0 aliphatic heterocycles. The Labute approximate surface area is 225 Å². The highest BCUT2D eigenvalue weighted by Gasteiger charge is 2.27. The maximum absolute atomic E-state index is 13.3. The molecule has 0 aliphatic rings. The van der Waals surface area contributed by atoms with E-state index in [9.17, 15) is 14.7 Å². The van der Waals surface area contributed by atoms with Gasteiger partial charge in [0.2, 0.25) is 0 Å². The van der Waals surface area contributed by atoms with Crippen LogP contribution < -0.4 is 10.6 Å². The van der Waals surface area contributed by atoms with Crippen molar-refractivity contribution in [2.45, 2.75) is 85.6 Å². The summed E-state index contributed by atoms with van der Waals surface area (Å²) in [6.07, 6.45) is 1.43. The summed E-state index contributed by atoms with van der Waals surface area (Å²) >= 11 is 0. The van der Waals surface area contributed by atoms with Crippen LogP contribution in [0.25, 0.3) is 5.69 Å². The number of nitrogens with one attached hydrogen (secondary N) is 2. The summed E-state index contributed by atoms with van der Waals surface area (Å²) < 4.78 is 1.66. The van der Waals surface area contributed by atoms with Gasteiger partial charge in [-0.15, -0.1) is 5.10 Å². The van der Waals surface area contributed by atoms with Gasteiger partial charge in [-0.2, -0.15) is 0 Å². The van der Waals surface area contributed by atoms with Gasteiger partial charge in [0.15, 0.2) is 5.69 Å².